The summed E-state index contributed by atoms with van der Waals surface area (Å²) >= 11 is 0. The fourth-order valence-corrected chi connectivity index (χ4v) is 3.84. The van der Waals surface area contributed by atoms with Crippen LogP contribution < -0.4 is 4.72 Å². The number of fused-ring (bicyclic) bond motifs is 1. The van der Waals surface area contributed by atoms with Crippen LogP contribution in [0, 0.1) is 17.5 Å². The number of nitrogens with zero attached hydrogens (tertiary/aromatic N) is 2. The van der Waals surface area contributed by atoms with Crippen molar-refractivity contribution in [3.8, 4) is 11.3 Å². The van der Waals surface area contributed by atoms with E-state index in [1.807, 2.05) is 0 Å². The van der Waals surface area contributed by atoms with Crippen LogP contribution in [-0.2, 0) is 17.3 Å². The summed E-state index contributed by atoms with van der Waals surface area (Å²) in [6.07, 6.45) is 1.90. The molecule has 10 heteroatoms. The topological polar surface area (TPSA) is 89.0 Å². The van der Waals surface area contributed by atoms with E-state index in [0.717, 1.165) is 6.07 Å². The molecule has 4 aromatic rings. The van der Waals surface area contributed by atoms with Gasteiger partial charge in [-0.3, -0.25) is 9.78 Å². The first-order valence-corrected chi connectivity index (χ1v) is 11.4. The summed E-state index contributed by atoms with van der Waals surface area (Å²) < 4.78 is 66.0. The van der Waals surface area contributed by atoms with Gasteiger partial charge in [0.05, 0.1) is 28.5 Å². The van der Waals surface area contributed by atoms with Crippen molar-refractivity contribution in [2.24, 2.45) is 0 Å². The average molecular weight is 485 g/mol. The molecule has 0 amide bonds. The Morgan fingerprint density at radius 2 is 1.71 bits per heavy atom. The molecule has 34 heavy (non-hydrogen) atoms. The maximum Gasteiger partial charge on any atom is 0.201 e. The fourth-order valence-electron chi connectivity index (χ4n) is 3.50. The van der Waals surface area contributed by atoms with Gasteiger partial charge in [0.2, 0.25) is 10.9 Å². The highest BCUT2D eigenvalue weighted by molar-refractivity contribution is 7.70. The van der Waals surface area contributed by atoms with Gasteiger partial charge < -0.3 is 0 Å². The maximum absolute atomic E-state index is 15.0. The summed E-state index contributed by atoms with van der Waals surface area (Å²) in [6, 6.07) is 12.3. The number of nitrogens with one attached hydrogen (secondary N) is 1. The van der Waals surface area contributed by atoms with Gasteiger partial charge in [-0.2, -0.15) is 0 Å². The highest BCUT2D eigenvalue weighted by atomic mass is 32.2. The zero-order valence-corrected chi connectivity index (χ0v) is 18.5. The lowest BCUT2D eigenvalue weighted by molar-refractivity contribution is 0.103. The van der Waals surface area contributed by atoms with E-state index >= 15 is 4.39 Å². The zero-order chi connectivity index (χ0) is 24.2. The number of carbonyl (C=O) groups excluding carboxylic acids is 1. The molecule has 0 fully saturated rings. The number of thiol groups is 1. The quantitative estimate of drug-likeness (QED) is 0.224. The van der Waals surface area contributed by atoms with Gasteiger partial charge in [-0.25, -0.2) is 31.3 Å². The number of hydrogen-bond acceptors (Lipinski definition) is 5. The van der Waals surface area contributed by atoms with Crippen LogP contribution in [0.4, 0.5) is 13.2 Å². The number of benzene rings is 3. The second-order valence-corrected chi connectivity index (χ2v) is 8.29. The number of rotatable bonds is 8. The first-order valence-electron chi connectivity index (χ1n) is 10.3. The van der Waals surface area contributed by atoms with E-state index in [1.54, 1.807) is 12.1 Å². The van der Waals surface area contributed by atoms with Crippen molar-refractivity contribution in [3.63, 3.8) is 0 Å². The van der Waals surface area contributed by atoms with Crippen LogP contribution in [0.1, 0.15) is 27.9 Å². The van der Waals surface area contributed by atoms with Gasteiger partial charge in [0.1, 0.15) is 17.5 Å². The van der Waals surface area contributed by atoms with Crippen molar-refractivity contribution in [1.82, 2.24) is 14.7 Å². The Morgan fingerprint density at radius 1 is 0.941 bits per heavy atom. The Hall–Kier alpha value is -3.63. The van der Waals surface area contributed by atoms with E-state index < -0.39 is 39.7 Å². The van der Waals surface area contributed by atoms with Crippen molar-refractivity contribution in [1.29, 1.82) is 0 Å². The summed E-state index contributed by atoms with van der Waals surface area (Å²) in [5.41, 5.74) is 1.31. The van der Waals surface area contributed by atoms with E-state index in [0.29, 0.717) is 22.3 Å². The smallest absolute Gasteiger partial charge is 0.201 e. The average Bonchev–Trinajstić information content (AvgIpc) is 2.82. The van der Waals surface area contributed by atoms with Gasteiger partial charge in [0.15, 0.2) is 5.78 Å². The lowest BCUT2D eigenvalue weighted by Gasteiger charge is -2.10. The van der Waals surface area contributed by atoms with Crippen molar-refractivity contribution in [2.45, 2.75) is 12.8 Å². The molecule has 6 nitrogen and oxygen atoms in total. The molecule has 0 unspecified atom stereocenters. The number of halogens is 3. The van der Waals surface area contributed by atoms with Crippen LogP contribution in [0.3, 0.4) is 0 Å². The molecule has 174 valence electrons. The van der Waals surface area contributed by atoms with Crippen molar-refractivity contribution in [3.05, 3.63) is 94.9 Å². The first kappa shape index (κ1) is 23.5. The van der Waals surface area contributed by atoms with Gasteiger partial charge in [-0.1, -0.05) is 6.07 Å². The van der Waals surface area contributed by atoms with Crippen LogP contribution in [0.2, 0.25) is 0 Å². The monoisotopic (exact) mass is 485 g/mol. The minimum atomic E-state index is -2.76. The molecule has 1 aromatic heterocycles. The molecule has 0 radical (unpaired) electrons. The number of aryl methyl sites for hydroxylation is 1. The molecule has 0 aliphatic rings. The molecule has 0 bridgehead atoms. The van der Waals surface area contributed by atoms with E-state index in [-0.39, 0.29) is 30.5 Å². The maximum atomic E-state index is 15.0. The second kappa shape index (κ2) is 10.1. The van der Waals surface area contributed by atoms with E-state index in [1.165, 1.54) is 42.6 Å². The molecule has 3 aromatic carbocycles. The molecule has 0 aliphatic heterocycles. The molecule has 4 rings (SSSR count). The predicted molar refractivity (Wildman–Crippen MR) is 121 cm³/mol. The van der Waals surface area contributed by atoms with E-state index in [9.17, 15) is 22.0 Å². The number of aromatic nitrogens is 2. The number of ketones is 1. The lowest BCUT2D eigenvalue weighted by Crippen LogP contribution is -2.14. The van der Waals surface area contributed by atoms with Crippen molar-refractivity contribution < 1.29 is 26.4 Å². The minimum Gasteiger partial charge on any atom is -0.288 e. The number of carbonyl (C=O) groups is 1. The molecular weight excluding hydrogens is 467 g/mol. The molecule has 0 aliphatic carbocycles. The Bertz CT molecular complexity index is 1450. The minimum absolute atomic E-state index is 0.0259. The highest BCUT2D eigenvalue weighted by Gasteiger charge is 2.22. The first-order chi connectivity index (χ1) is 16.3. The molecule has 1 N–H and O–H groups in total. The Kier molecular flexibility index (Phi) is 6.99. The predicted octanol–water partition coefficient (Wildman–Crippen LogP) is 3.99. The molecule has 0 spiro atoms. The lowest BCUT2D eigenvalue weighted by atomic mass is 9.97. The highest BCUT2D eigenvalue weighted by Crippen LogP contribution is 2.24. The molecule has 1 heterocycles. The van der Waals surface area contributed by atoms with Crippen LogP contribution in [-0.4, -0.2) is 30.7 Å². The second-order valence-electron chi connectivity index (χ2n) is 7.46. The van der Waals surface area contributed by atoms with Gasteiger partial charge in [0, 0.05) is 17.7 Å². The standard InChI is InChI=1S/C24H18F3N3O3S/c25-17-7-3-14(4-8-17)21-13-28-19-10-6-16(12-20(19)30-21)24(31)22-18(26)9-5-15(23(22)27)2-1-11-29-34(32)33/h3-10,12-13,34H,1-2,11H2,(H,29,32,33). The zero-order valence-electron chi connectivity index (χ0n) is 17.6. The van der Waals surface area contributed by atoms with Gasteiger partial charge in [-0.15, -0.1) is 0 Å². The van der Waals surface area contributed by atoms with Gasteiger partial charge >= 0.3 is 0 Å². The largest absolute Gasteiger partial charge is 0.288 e. The molecule has 0 saturated heterocycles. The van der Waals surface area contributed by atoms with Crippen molar-refractivity contribution in [2.75, 3.05) is 6.54 Å². The van der Waals surface area contributed by atoms with Crippen LogP contribution in [0.5, 0.6) is 0 Å². The van der Waals surface area contributed by atoms with Crippen LogP contribution in [0.25, 0.3) is 22.3 Å². The van der Waals surface area contributed by atoms with Gasteiger partial charge in [0.25, 0.3) is 0 Å². The van der Waals surface area contributed by atoms with Gasteiger partial charge in [-0.05, 0) is 66.9 Å². The third-order valence-electron chi connectivity index (χ3n) is 5.21. The summed E-state index contributed by atoms with van der Waals surface area (Å²) in [7, 11) is -2.76. The Morgan fingerprint density at radius 3 is 2.44 bits per heavy atom. The summed E-state index contributed by atoms with van der Waals surface area (Å²) in [4.78, 5) is 21.8. The fraction of sp³-hybridized carbons (Fsp3) is 0.125. The normalized spacial score (nSPS) is 11.3. The van der Waals surface area contributed by atoms with E-state index in [4.69, 9.17) is 0 Å². The number of hydrogen-bond donors (Lipinski definition) is 2. The third-order valence-corrected chi connectivity index (χ3v) is 5.69. The van der Waals surface area contributed by atoms with Crippen LogP contribution in [0.15, 0.2) is 60.8 Å². The molecular formula is C24H18F3N3O3S. The SMILES string of the molecule is O=C(c1ccc2ncc(-c3ccc(F)cc3)nc2c1)c1c(F)ccc(CCCN[SH](=O)=O)c1F. The summed E-state index contributed by atoms with van der Waals surface area (Å²) in [5.74, 6) is -3.23. The van der Waals surface area contributed by atoms with Crippen molar-refractivity contribution >= 4 is 27.7 Å². The summed E-state index contributed by atoms with van der Waals surface area (Å²) in [6.45, 7) is 0.0958. The Labute approximate surface area is 194 Å². The van der Waals surface area contributed by atoms with E-state index in [2.05, 4.69) is 14.7 Å². The summed E-state index contributed by atoms with van der Waals surface area (Å²) in [5, 5.41) is 0. The Balaban J connectivity index is 1.65. The molecule has 0 atom stereocenters. The third kappa shape index (κ3) is 5.13. The van der Waals surface area contributed by atoms with Crippen LogP contribution >= 0.6 is 0 Å². The molecule has 0 saturated carbocycles.